The lowest BCUT2D eigenvalue weighted by Crippen LogP contribution is -1.99. The summed E-state index contributed by atoms with van der Waals surface area (Å²) in [5, 5.41) is 9.09. The van der Waals surface area contributed by atoms with Gasteiger partial charge in [0.15, 0.2) is 0 Å². The first-order chi connectivity index (χ1) is 8.97. The van der Waals surface area contributed by atoms with Crippen LogP contribution in [0.4, 0.5) is 4.39 Å². The summed E-state index contributed by atoms with van der Waals surface area (Å²) in [6, 6.07) is 9.73. The van der Waals surface area contributed by atoms with Gasteiger partial charge < -0.3 is 5.11 Å². The lowest BCUT2D eigenvalue weighted by molar-refractivity contribution is 0.0692. The molecule has 0 atom stereocenters. The van der Waals surface area contributed by atoms with E-state index in [9.17, 15) is 9.18 Å². The zero-order valence-corrected chi connectivity index (χ0v) is 11.4. The van der Waals surface area contributed by atoms with Gasteiger partial charge in [0.25, 0.3) is 0 Å². The van der Waals surface area contributed by atoms with Crippen LogP contribution in [0, 0.1) is 19.7 Å². The molecule has 0 fully saturated rings. The molecule has 4 heteroatoms. The van der Waals surface area contributed by atoms with Crippen molar-refractivity contribution < 1.29 is 14.3 Å². The van der Waals surface area contributed by atoms with E-state index in [1.807, 2.05) is 32.0 Å². The fourth-order valence-electron chi connectivity index (χ4n) is 1.66. The van der Waals surface area contributed by atoms with Crippen molar-refractivity contribution in [1.82, 2.24) is 0 Å². The van der Waals surface area contributed by atoms with Gasteiger partial charge in [0, 0.05) is 9.79 Å². The number of benzene rings is 2. The molecule has 0 bridgehead atoms. The van der Waals surface area contributed by atoms with Crippen LogP contribution < -0.4 is 0 Å². The molecule has 2 aromatic rings. The largest absolute Gasteiger partial charge is 0.478 e. The molecule has 0 aromatic heterocycles. The van der Waals surface area contributed by atoms with Crippen LogP contribution in [0.3, 0.4) is 0 Å². The predicted octanol–water partition coefficient (Wildman–Crippen LogP) is 4.29. The van der Waals surface area contributed by atoms with Gasteiger partial charge >= 0.3 is 5.97 Å². The lowest BCUT2D eigenvalue weighted by atomic mass is 10.1. The van der Waals surface area contributed by atoms with E-state index in [1.165, 1.54) is 29.5 Å². The summed E-state index contributed by atoms with van der Waals surface area (Å²) in [6.45, 7) is 4.02. The summed E-state index contributed by atoms with van der Waals surface area (Å²) in [4.78, 5) is 12.6. The molecular weight excluding hydrogens is 263 g/mol. The number of halogens is 1. The van der Waals surface area contributed by atoms with Crippen LogP contribution >= 0.6 is 11.8 Å². The minimum Gasteiger partial charge on any atom is -0.478 e. The number of rotatable bonds is 3. The molecule has 0 unspecified atom stereocenters. The van der Waals surface area contributed by atoms with Crippen molar-refractivity contribution in [3.63, 3.8) is 0 Å². The van der Waals surface area contributed by atoms with Gasteiger partial charge in [-0.2, -0.15) is 0 Å². The first kappa shape index (κ1) is 13.6. The van der Waals surface area contributed by atoms with Gasteiger partial charge in [0.1, 0.15) is 5.82 Å². The standard InChI is InChI=1S/C15H13FO2S/c1-9-3-5-12(7-10(9)2)19-14-6-4-11(16)8-13(14)15(17)18/h3-8H,1-2H3,(H,17,18). The van der Waals surface area contributed by atoms with Crippen molar-refractivity contribution in [2.24, 2.45) is 0 Å². The normalized spacial score (nSPS) is 10.5. The Morgan fingerprint density at radius 1 is 1.11 bits per heavy atom. The van der Waals surface area contributed by atoms with E-state index in [2.05, 4.69) is 0 Å². The van der Waals surface area contributed by atoms with Gasteiger partial charge in [-0.15, -0.1) is 0 Å². The number of carboxylic acid groups (broad SMARTS) is 1. The third-order valence-electron chi connectivity index (χ3n) is 2.88. The summed E-state index contributed by atoms with van der Waals surface area (Å²) >= 11 is 1.33. The maximum Gasteiger partial charge on any atom is 0.336 e. The maximum absolute atomic E-state index is 13.1. The molecule has 0 amide bonds. The Hall–Kier alpha value is -1.81. The fourth-order valence-corrected chi connectivity index (χ4v) is 2.68. The Kier molecular flexibility index (Phi) is 3.90. The number of aryl methyl sites for hydroxylation is 2. The molecule has 19 heavy (non-hydrogen) atoms. The van der Waals surface area contributed by atoms with E-state index in [0.717, 1.165) is 16.5 Å². The molecule has 0 spiro atoms. The summed E-state index contributed by atoms with van der Waals surface area (Å²) < 4.78 is 13.1. The van der Waals surface area contributed by atoms with Crippen LogP contribution in [-0.4, -0.2) is 11.1 Å². The van der Waals surface area contributed by atoms with E-state index < -0.39 is 11.8 Å². The molecule has 0 aliphatic heterocycles. The molecule has 0 heterocycles. The first-order valence-corrected chi connectivity index (χ1v) is 6.57. The number of carbonyl (C=O) groups is 1. The highest BCUT2D eigenvalue weighted by Crippen LogP contribution is 2.32. The predicted molar refractivity (Wildman–Crippen MR) is 73.4 cm³/mol. The molecule has 0 radical (unpaired) electrons. The van der Waals surface area contributed by atoms with Crippen molar-refractivity contribution in [3.05, 3.63) is 58.9 Å². The van der Waals surface area contributed by atoms with Crippen LogP contribution in [0.15, 0.2) is 46.2 Å². The monoisotopic (exact) mass is 276 g/mol. The quantitative estimate of drug-likeness (QED) is 0.908. The van der Waals surface area contributed by atoms with Gasteiger partial charge in [-0.05, 0) is 55.3 Å². The van der Waals surface area contributed by atoms with Crippen molar-refractivity contribution >= 4 is 17.7 Å². The van der Waals surface area contributed by atoms with Crippen LogP contribution in [0.25, 0.3) is 0 Å². The van der Waals surface area contributed by atoms with Gasteiger partial charge in [-0.25, -0.2) is 9.18 Å². The van der Waals surface area contributed by atoms with E-state index in [-0.39, 0.29) is 5.56 Å². The van der Waals surface area contributed by atoms with E-state index in [0.29, 0.717) is 4.90 Å². The minimum atomic E-state index is -1.12. The topological polar surface area (TPSA) is 37.3 Å². The molecule has 2 aromatic carbocycles. The molecule has 2 nitrogen and oxygen atoms in total. The summed E-state index contributed by atoms with van der Waals surface area (Å²) in [6.07, 6.45) is 0. The Labute approximate surface area is 115 Å². The smallest absolute Gasteiger partial charge is 0.336 e. The zero-order valence-electron chi connectivity index (χ0n) is 10.6. The van der Waals surface area contributed by atoms with E-state index >= 15 is 0 Å². The number of hydrogen-bond acceptors (Lipinski definition) is 2. The average Bonchev–Trinajstić information content (AvgIpc) is 2.36. The molecule has 1 N–H and O–H groups in total. The highest BCUT2D eigenvalue weighted by Gasteiger charge is 2.12. The average molecular weight is 276 g/mol. The SMILES string of the molecule is Cc1ccc(Sc2ccc(F)cc2C(=O)O)cc1C. The first-order valence-electron chi connectivity index (χ1n) is 5.75. The zero-order chi connectivity index (χ0) is 14.0. The van der Waals surface area contributed by atoms with Gasteiger partial charge in [-0.3, -0.25) is 0 Å². The third-order valence-corrected chi connectivity index (χ3v) is 3.94. The Bertz CT molecular complexity index is 638. The van der Waals surface area contributed by atoms with E-state index in [4.69, 9.17) is 5.11 Å². The number of aromatic carboxylic acids is 1. The van der Waals surface area contributed by atoms with Crippen molar-refractivity contribution in [1.29, 1.82) is 0 Å². The minimum absolute atomic E-state index is 0.0109. The van der Waals surface area contributed by atoms with E-state index in [1.54, 1.807) is 0 Å². The highest BCUT2D eigenvalue weighted by atomic mass is 32.2. The Morgan fingerprint density at radius 2 is 1.84 bits per heavy atom. The summed E-state index contributed by atoms with van der Waals surface area (Å²) in [5.74, 6) is -1.66. The molecule has 2 rings (SSSR count). The molecule has 0 aliphatic rings. The van der Waals surface area contributed by atoms with Crippen molar-refractivity contribution in [3.8, 4) is 0 Å². The second kappa shape index (κ2) is 5.45. The van der Waals surface area contributed by atoms with Crippen molar-refractivity contribution in [2.45, 2.75) is 23.6 Å². The highest BCUT2D eigenvalue weighted by molar-refractivity contribution is 7.99. The summed E-state index contributed by atoms with van der Waals surface area (Å²) in [5.41, 5.74) is 2.31. The van der Waals surface area contributed by atoms with Crippen LogP contribution in [0.2, 0.25) is 0 Å². The Morgan fingerprint density at radius 3 is 2.47 bits per heavy atom. The molecule has 0 saturated carbocycles. The van der Waals surface area contributed by atoms with Crippen LogP contribution in [0.1, 0.15) is 21.5 Å². The molecule has 0 saturated heterocycles. The van der Waals surface area contributed by atoms with Gasteiger partial charge in [-0.1, -0.05) is 17.8 Å². The summed E-state index contributed by atoms with van der Waals surface area (Å²) in [7, 11) is 0. The van der Waals surface area contributed by atoms with Gasteiger partial charge in [0.2, 0.25) is 0 Å². The second-order valence-corrected chi connectivity index (χ2v) is 5.41. The lowest BCUT2D eigenvalue weighted by Gasteiger charge is -2.08. The third kappa shape index (κ3) is 3.15. The molecule has 98 valence electrons. The Balaban J connectivity index is 2.37. The molecule has 0 aliphatic carbocycles. The maximum atomic E-state index is 13.1. The number of hydrogen-bond donors (Lipinski definition) is 1. The fraction of sp³-hybridized carbons (Fsp3) is 0.133. The van der Waals surface area contributed by atoms with Crippen LogP contribution in [-0.2, 0) is 0 Å². The van der Waals surface area contributed by atoms with Crippen molar-refractivity contribution in [2.75, 3.05) is 0 Å². The van der Waals surface area contributed by atoms with Gasteiger partial charge in [0.05, 0.1) is 5.56 Å². The second-order valence-electron chi connectivity index (χ2n) is 4.29. The molecular formula is C15H13FO2S. The van der Waals surface area contributed by atoms with Crippen LogP contribution in [0.5, 0.6) is 0 Å². The number of carboxylic acids is 1.